The fourth-order valence-corrected chi connectivity index (χ4v) is 3.58. The van der Waals surface area contributed by atoms with Crippen LogP contribution in [0.4, 0.5) is 5.69 Å². The van der Waals surface area contributed by atoms with Crippen molar-refractivity contribution in [1.29, 1.82) is 0 Å². The first-order valence-corrected chi connectivity index (χ1v) is 9.07. The van der Waals surface area contributed by atoms with Gasteiger partial charge in [-0.15, -0.1) is 0 Å². The molecule has 8 heteroatoms. The van der Waals surface area contributed by atoms with E-state index in [-0.39, 0.29) is 23.3 Å². The fourth-order valence-electron chi connectivity index (χ4n) is 2.23. The van der Waals surface area contributed by atoms with E-state index in [1.54, 1.807) is 37.4 Å². The van der Waals surface area contributed by atoms with Crippen molar-refractivity contribution in [2.75, 3.05) is 12.4 Å². The molecule has 1 aliphatic rings. The molecule has 1 fully saturated rings. The van der Waals surface area contributed by atoms with E-state index in [1.807, 2.05) is 0 Å². The van der Waals surface area contributed by atoms with E-state index >= 15 is 0 Å². The Morgan fingerprint density at radius 3 is 2.58 bits per heavy atom. The third-order valence-electron chi connectivity index (χ3n) is 3.66. The predicted octanol–water partition coefficient (Wildman–Crippen LogP) is 4.13. The highest BCUT2D eigenvalue weighted by molar-refractivity contribution is 8.26. The van der Waals surface area contributed by atoms with E-state index in [1.165, 1.54) is 34.9 Å². The molecular weight excluding hydrogens is 392 g/mol. The third-order valence-corrected chi connectivity index (χ3v) is 5.38. The van der Waals surface area contributed by atoms with Crippen molar-refractivity contribution in [3.05, 3.63) is 63.5 Å². The molecule has 0 aromatic heterocycles. The lowest BCUT2D eigenvalue weighted by molar-refractivity contribution is -0.121. The Kier molecular flexibility index (Phi) is 5.31. The second-order valence-electron chi connectivity index (χ2n) is 5.48. The molecule has 5 nitrogen and oxygen atoms in total. The molecule has 3 rings (SSSR count). The zero-order valence-corrected chi connectivity index (χ0v) is 15.9. The molecule has 2 N–H and O–H groups in total. The number of nitrogens with zero attached hydrogens (tertiary/aromatic N) is 1. The van der Waals surface area contributed by atoms with Crippen LogP contribution in [-0.2, 0) is 4.79 Å². The molecule has 1 heterocycles. The van der Waals surface area contributed by atoms with Crippen molar-refractivity contribution in [2.45, 2.75) is 0 Å². The largest absolute Gasteiger partial charge is 0.506 e. The number of halogens is 1. The van der Waals surface area contributed by atoms with Gasteiger partial charge in [-0.05, 0) is 42.0 Å². The van der Waals surface area contributed by atoms with Gasteiger partial charge in [-0.25, -0.2) is 0 Å². The number of benzene rings is 2. The number of amides is 2. The van der Waals surface area contributed by atoms with Crippen LogP contribution < -0.4 is 5.32 Å². The second-order valence-corrected chi connectivity index (χ2v) is 7.59. The first kappa shape index (κ1) is 18.4. The minimum absolute atomic E-state index is 0.0686. The monoisotopic (exact) mass is 404 g/mol. The first-order chi connectivity index (χ1) is 12.3. The maximum absolute atomic E-state index is 12.3. The molecule has 2 amide bonds. The number of phenols is 1. The number of hydrogen-bond acceptors (Lipinski definition) is 5. The number of rotatable bonds is 3. The molecule has 0 saturated carbocycles. The Balaban J connectivity index is 1.75. The Bertz CT molecular complexity index is 942. The van der Waals surface area contributed by atoms with Crippen LogP contribution in [0, 0.1) is 0 Å². The van der Waals surface area contributed by atoms with Gasteiger partial charge in [-0.1, -0.05) is 47.7 Å². The molecule has 0 radical (unpaired) electrons. The molecule has 0 atom stereocenters. The minimum atomic E-state index is -0.381. The summed E-state index contributed by atoms with van der Waals surface area (Å²) in [5, 5.41) is 12.8. The van der Waals surface area contributed by atoms with Crippen molar-refractivity contribution in [3.63, 3.8) is 0 Å². The highest BCUT2D eigenvalue weighted by Gasteiger charge is 2.28. The number of likely N-dealkylation sites (N-methyl/N-ethyl adjacent to an activating group) is 1. The topological polar surface area (TPSA) is 69.6 Å². The van der Waals surface area contributed by atoms with Crippen LogP contribution in [0.1, 0.15) is 15.9 Å². The maximum atomic E-state index is 12.3. The van der Waals surface area contributed by atoms with Crippen LogP contribution in [0.15, 0.2) is 47.4 Å². The molecule has 0 unspecified atom stereocenters. The summed E-state index contributed by atoms with van der Waals surface area (Å²) in [6, 6.07) is 11.1. The zero-order chi connectivity index (χ0) is 18.8. The van der Waals surface area contributed by atoms with Crippen LogP contribution in [0.25, 0.3) is 6.08 Å². The number of thioether (sulfide) groups is 1. The highest BCUT2D eigenvalue weighted by atomic mass is 35.5. The number of anilines is 1. The quantitative estimate of drug-likeness (QED) is 0.457. The van der Waals surface area contributed by atoms with Gasteiger partial charge >= 0.3 is 0 Å². The summed E-state index contributed by atoms with van der Waals surface area (Å²) in [7, 11) is 1.64. The predicted molar refractivity (Wildman–Crippen MR) is 108 cm³/mol. The van der Waals surface area contributed by atoms with Gasteiger partial charge in [0.05, 0.1) is 10.6 Å². The van der Waals surface area contributed by atoms with Crippen molar-refractivity contribution < 1.29 is 14.7 Å². The summed E-state index contributed by atoms with van der Waals surface area (Å²) in [5.74, 6) is -0.590. The number of carbonyl (C=O) groups is 2. The van der Waals surface area contributed by atoms with Gasteiger partial charge in [0.15, 0.2) is 0 Å². The van der Waals surface area contributed by atoms with E-state index in [2.05, 4.69) is 5.32 Å². The van der Waals surface area contributed by atoms with Crippen LogP contribution in [0.2, 0.25) is 5.02 Å². The molecule has 1 aliphatic heterocycles. The van der Waals surface area contributed by atoms with Crippen molar-refractivity contribution >= 4 is 63.5 Å². The molecule has 2 aromatic rings. The van der Waals surface area contributed by atoms with Crippen molar-refractivity contribution in [2.24, 2.45) is 0 Å². The van der Waals surface area contributed by atoms with E-state index in [4.69, 9.17) is 23.8 Å². The van der Waals surface area contributed by atoms with E-state index in [0.29, 0.717) is 19.8 Å². The third kappa shape index (κ3) is 3.90. The van der Waals surface area contributed by atoms with Crippen LogP contribution in [-0.4, -0.2) is 33.2 Å². The van der Waals surface area contributed by atoms with E-state index in [9.17, 15) is 14.7 Å². The van der Waals surface area contributed by atoms with Crippen molar-refractivity contribution in [3.8, 4) is 5.75 Å². The van der Waals surface area contributed by atoms with Gasteiger partial charge in [0, 0.05) is 17.6 Å². The summed E-state index contributed by atoms with van der Waals surface area (Å²) in [5.41, 5.74) is 1.42. The van der Waals surface area contributed by atoms with Gasteiger partial charge < -0.3 is 10.4 Å². The average Bonchev–Trinajstić information content (AvgIpc) is 2.85. The van der Waals surface area contributed by atoms with Gasteiger partial charge in [0.1, 0.15) is 10.1 Å². The second kappa shape index (κ2) is 7.49. The molecule has 0 spiro atoms. The molecule has 1 saturated heterocycles. The maximum Gasteiger partial charge on any atom is 0.265 e. The average molecular weight is 405 g/mol. The van der Waals surface area contributed by atoms with Gasteiger partial charge in [0.2, 0.25) is 0 Å². The zero-order valence-electron chi connectivity index (χ0n) is 13.5. The Morgan fingerprint density at radius 1 is 1.27 bits per heavy atom. The highest BCUT2D eigenvalue weighted by Crippen LogP contribution is 2.31. The van der Waals surface area contributed by atoms with E-state index in [0.717, 1.165) is 5.56 Å². The van der Waals surface area contributed by atoms with Gasteiger partial charge in [-0.3, -0.25) is 14.5 Å². The van der Waals surface area contributed by atoms with Crippen LogP contribution in [0.5, 0.6) is 5.75 Å². The SMILES string of the molecule is CN1C(=O)/C(=C/c2ccc(C(=O)Nc3cc(Cl)ccc3O)cc2)SC1=S. The molecule has 2 aromatic carbocycles. The lowest BCUT2D eigenvalue weighted by Gasteiger charge is -2.08. The van der Waals surface area contributed by atoms with Crippen molar-refractivity contribution in [1.82, 2.24) is 4.90 Å². The lowest BCUT2D eigenvalue weighted by atomic mass is 10.1. The number of thiocarbonyl (C=S) groups is 1. The lowest BCUT2D eigenvalue weighted by Crippen LogP contribution is -2.22. The summed E-state index contributed by atoms with van der Waals surface area (Å²) in [6.45, 7) is 0. The Labute approximate surface area is 164 Å². The number of nitrogens with one attached hydrogen (secondary N) is 1. The summed E-state index contributed by atoms with van der Waals surface area (Å²) in [4.78, 5) is 26.3. The molecule has 132 valence electrons. The molecular formula is C18H13ClN2O3S2. The normalized spacial score (nSPS) is 15.6. The Hall–Kier alpha value is -2.35. The summed E-state index contributed by atoms with van der Waals surface area (Å²) < 4.78 is 0.513. The summed E-state index contributed by atoms with van der Waals surface area (Å²) in [6.07, 6.45) is 1.73. The molecule has 26 heavy (non-hydrogen) atoms. The minimum Gasteiger partial charge on any atom is -0.506 e. The number of carbonyl (C=O) groups excluding carboxylic acids is 2. The fraction of sp³-hybridized carbons (Fsp3) is 0.0556. The smallest absolute Gasteiger partial charge is 0.265 e. The van der Waals surface area contributed by atoms with Gasteiger partial charge in [-0.2, -0.15) is 0 Å². The van der Waals surface area contributed by atoms with Crippen LogP contribution >= 0.6 is 35.6 Å². The Morgan fingerprint density at radius 2 is 1.96 bits per heavy atom. The summed E-state index contributed by atoms with van der Waals surface area (Å²) >= 11 is 12.2. The number of hydrogen-bond donors (Lipinski definition) is 2. The molecule has 0 aliphatic carbocycles. The van der Waals surface area contributed by atoms with Gasteiger partial charge in [0.25, 0.3) is 11.8 Å². The molecule has 0 bridgehead atoms. The number of phenolic OH excluding ortho intramolecular Hbond substituents is 1. The number of aromatic hydroxyl groups is 1. The first-order valence-electron chi connectivity index (χ1n) is 7.46. The standard InChI is InChI=1S/C18H13ClN2O3S2/c1-21-17(24)15(26-18(21)25)8-10-2-4-11(5-3-10)16(23)20-13-9-12(19)6-7-14(13)22/h2-9,22H,1H3,(H,20,23)/b15-8-. The van der Waals surface area contributed by atoms with Crippen LogP contribution in [0.3, 0.4) is 0 Å². The van der Waals surface area contributed by atoms with E-state index < -0.39 is 0 Å².